The minimum Gasteiger partial charge on any atom is -0.154 e. The minimum absolute atomic E-state index is 0.597. The van der Waals surface area contributed by atoms with E-state index in [1.165, 1.54) is 27.5 Å². The molecule has 1 aromatic heterocycles. The summed E-state index contributed by atoms with van der Waals surface area (Å²) in [6.45, 7) is 6.21. The summed E-state index contributed by atoms with van der Waals surface area (Å²) in [6, 6.07) is 8.18. The number of benzene rings is 1. The Morgan fingerprint density at radius 3 is 2.50 bits per heavy atom. The Labute approximate surface area is 90.1 Å². The monoisotopic (exact) mass is 205 g/mol. The Bertz CT molecular complexity index is 502. The van der Waals surface area contributed by atoms with E-state index in [1.54, 1.807) is 0 Å². The van der Waals surface area contributed by atoms with Crippen molar-refractivity contribution in [3.05, 3.63) is 45.9 Å². The summed E-state index contributed by atoms with van der Waals surface area (Å²) >= 11 is 1.53. The van der Waals surface area contributed by atoms with Crippen LogP contribution in [-0.2, 0) is 0 Å². The van der Waals surface area contributed by atoms with Crippen molar-refractivity contribution in [3.8, 4) is 5.69 Å². The Morgan fingerprint density at radius 1 is 1.21 bits per heavy atom. The second-order valence-electron chi connectivity index (χ2n) is 3.46. The van der Waals surface area contributed by atoms with Crippen LogP contribution in [0, 0.1) is 20.8 Å². The molecule has 0 radical (unpaired) electrons. The van der Waals surface area contributed by atoms with Gasteiger partial charge in [-0.1, -0.05) is 29.5 Å². The molecular weight excluding hydrogens is 190 g/mol. The Hall–Kier alpha value is -1.15. The molecule has 0 N–H and O–H groups in total. The third-order valence-corrected chi connectivity index (χ3v) is 3.37. The van der Waals surface area contributed by atoms with Gasteiger partial charge in [-0.05, 0) is 13.8 Å². The minimum atomic E-state index is 0.597. The first-order valence-electron chi connectivity index (χ1n) is 5.16. The lowest BCUT2D eigenvalue weighted by Crippen LogP contribution is -2.32. The zero-order valence-electron chi connectivity index (χ0n) is 9.66. The van der Waals surface area contributed by atoms with Gasteiger partial charge in [0.15, 0.2) is 7.06 Å². The molecule has 72 valence electrons. The van der Waals surface area contributed by atoms with Crippen LogP contribution in [-0.4, -0.2) is 0 Å². The normalized spacial score (nSPS) is 11.5. The molecule has 0 aliphatic rings. The van der Waals surface area contributed by atoms with Gasteiger partial charge in [-0.15, -0.1) is 0 Å². The Morgan fingerprint density at radius 2 is 1.93 bits per heavy atom. The molecule has 0 fully saturated rings. The molecule has 0 spiro atoms. The SMILES string of the molecule is [2H]c1sc(C)c(C)[n+]1-c1ccccc1C. The van der Waals surface area contributed by atoms with Crippen LogP contribution in [0.15, 0.2) is 29.8 Å². The number of aromatic nitrogens is 1. The number of nitrogens with zero attached hydrogens (tertiary/aromatic N) is 1. The molecular formula is C12H14NS+. The lowest BCUT2D eigenvalue weighted by Gasteiger charge is -1.97. The number of rotatable bonds is 1. The standard InChI is InChI=1S/C12H14NS/c1-9-6-4-5-7-12(9)13-8-14-11(3)10(13)2/h4-8H,1-3H3/q+1/i8D. The van der Waals surface area contributed by atoms with Crippen LogP contribution in [0.5, 0.6) is 0 Å². The van der Waals surface area contributed by atoms with Gasteiger partial charge in [0, 0.05) is 18.6 Å². The quantitative estimate of drug-likeness (QED) is 0.630. The van der Waals surface area contributed by atoms with Crippen molar-refractivity contribution in [1.82, 2.24) is 0 Å². The zero-order valence-corrected chi connectivity index (χ0v) is 9.48. The fourth-order valence-electron chi connectivity index (χ4n) is 1.46. The van der Waals surface area contributed by atoms with Crippen LogP contribution in [0.25, 0.3) is 5.69 Å². The van der Waals surface area contributed by atoms with Crippen molar-refractivity contribution >= 4 is 11.3 Å². The van der Waals surface area contributed by atoms with E-state index in [1.807, 2.05) is 16.7 Å². The average Bonchev–Trinajstić information content (AvgIpc) is 2.43. The summed E-state index contributed by atoms with van der Waals surface area (Å²) < 4.78 is 9.96. The van der Waals surface area contributed by atoms with E-state index in [-0.39, 0.29) is 0 Å². The first kappa shape index (κ1) is 8.18. The molecule has 2 rings (SSSR count). The van der Waals surface area contributed by atoms with Crippen LogP contribution >= 0.6 is 11.3 Å². The van der Waals surface area contributed by atoms with Crippen molar-refractivity contribution in [2.45, 2.75) is 20.8 Å². The topological polar surface area (TPSA) is 3.88 Å². The van der Waals surface area contributed by atoms with Gasteiger partial charge >= 0.3 is 0 Å². The number of aryl methyl sites for hydroxylation is 2. The van der Waals surface area contributed by atoms with Gasteiger partial charge in [0.25, 0.3) is 0 Å². The van der Waals surface area contributed by atoms with Crippen molar-refractivity contribution in [2.24, 2.45) is 0 Å². The molecule has 0 atom stereocenters. The molecule has 2 aromatic rings. The van der Waals surface area contributed by atoms with Crippen LogP contribution in [0.3, 0.4) is 0 Å². The molecule has 2 heteroatoms. The zero-order chi connectivity index (χ0) is 11.0. The van der Waals surface area contributed by atoms with Crippen LogP contribution in [0.1, 0.15) is 17.5 Å². The van der Waals surface area contributed by atoms with E-state index in [2.05, 4.69) is 32.9 Å². The number of hydrogen-bond donors (Lipinski definition) is 0. The van der Waals surface area contributed by atoms with Gasteiger partial charge in [-0.3, -0.25) is 0 Å². The van der Waals surface area contributed by atoms with Gasteiger partial charge in [0.05, 0.1) is 4.88 Å². The molecule has 1 heterocycles. The van der Waals surface area contributed by atoms with Gasteiger partial charge in [-0.2, -0.15) is 4.57 Å². The van der Waals surface area contributed by atoms with Crippen LogP contribution in [0.2, 0.25) is 0 Å². The Kier molecular flexibility index (Phi) is 2.07. The molecule has 0 bridgehead atoms. The maximum Gasteiger partial charge on any atom is 0.231 e. The lowest BCUT2D eigenvalue weighted by molar-refractivity contribution is -0.597. The summed E-state index contributed by atoms with van der Waals surface area (Å²) in [5.74, 6) is 0. The summed E-state index contributed by atoms with van der Waals surface area (Å²) in [7, 11) is 0. The summed E-state index contributed by atoms with van der Waals surface area (Å²) in [5, 5.41) is 0. The van der Waals surface area contributed by atoms with Crippen molar-refractivity contribution < 1.29 is 5.94 Å². The van der Waals surface area contributed by atoms with E-state index < -0.39 is 0 Å². The van der Waals surface area contributed by atoms with Crippen molar-refractivity contribution in [2.75, 3.05) is 0 Å². The number of thiazole rings is 1. The average molecular weight is 205 g/mol. The smallest absolute Gasteiger partial charge is 0.154 e. The van der Waals surface area contributed by atoms with Gasteiger partial charge in [-0.25, -0.2) is 0 Å². The Balaban J connectivity index is 2.69. The maximum absolute atomic E-state index is 7.95. The van der Waals surface area contributed by atoms with Gasteiger partial charge < -0.3 is 0 Å². The fraction of sp³-hybridized carbons (Fsp3) is 0.250. The van der Waals surface area contributed by atoms with E-state index in [0.717, 1.165) is 5.69 Å². The highest BCUT2D eigenvalue weighted by molar-refractivity contribution is 7.09. The molecule has 1 nitrogen and oxygen atoms in total. The lowest BCUT2D eigenvalue weighted by atomic mass is 10.2. The van der Waals surface area contributed by atoms with Gasteiger partial charge in [0.2, 0.25) is 11.2 Å². The maximum atomic E-state index is 7.95. The fourth-order valence-corrected chi connectivity index (χ4v) is 2.16. The van der Waals surface area contributed by atoms with E-state index >= 15 is 0 Å². The predicted octanol–water partition coefficient (Wildman–Crippen LogP) is 2.95. The van der Waals surface area contributed by atoms with E-state index in [9.17, 15) is 0 Å². The highest BCUT2D eigenvalue weighted by Gasteiger charge is 2.15. The molecule has 14 heavy (non-hydrogen) atoms. The third-order valence-electron chi connectivity index (χ3n) is 2.49. The first-order valence-corrected chi connectivity index (χ1v) is 5.47. The number of hydrogen-bond acceptors (Lipinski definition) is 1. The van der Waals surface area contributed by atoms with E-state index in [4.69, 9.17) is 1.37 Å². The van der Waals surface area contributed by atoms with Crippen LogP contribution in [0.4, 0.5) is 0 Å². The highest BCUT2D eigenvalue weighted by Crippen LogP contribution is 2.13. The summed E-state index contributed by atoms with van der Waals surface area (Å²) in [5.41, 5.74) is 4.08. The molecule has 0 aliphatic carbocycles. The summed E-state index contributed by atoms with van der Waals surface area (Å²) in [6.07, 6.45) is 0. The van der Waals surface area contributed by atoms with Crippen molar-refractivity contribution in [3.63, 3.8) is 0 Å². The highest BCUT2D eigenvalue weighted by atomic mass is 32.1. The molecule has 0 saturated carbocycles. The van der Waals surface area contributed by atoms with Gasteiger partial charge in [0.1, 0.15) is 0 Å². The van der Waals surface area contributed by atoms with Crippen molar-refractivity contribution in [1.29, 1.82) is 0 Å². The molecule has 0 saturated heterocycles. The molecule has 0 amide bonds. The summed E-state index contributed by atoms with van der Waals surface area (Å²) in [4.78, 5) is 1.21. The molecule has 1 aromatic carbocycles. The van der Waals surface area contributed by atoms with E-state index in [0.29, 0.717) is 5.49 Å². The largest absolute Gasteiger partial charge is 0.231 e. The second kappa shape index (κ2) is 3.54. The third kappa shape index (κ3) is 1.46. The molecule has 0 unspecified atom stereocenters. The molecule has 0 aliphatic heterocycles. The van der Waals surface area contributed by atoms with Crippen LogP contribution < -0.4 is 4.57 Å². The predicted molar refractivity (Wildman–Crippen MR) is 60.1 cm³/mol. The number of para-hydroxylation sites is 1. The second-order valence-corrected chi connectivity index (χ2v) is 4.46. The first-order chi connectivity index (χ1) is 7.11.